The van der Waals surface area contributed by atoms with Crippen molar-refractivity contribution in [2.75, 3.05) is 6.61 Å². The summed E-state index contributed by atoms with van der Waals surface area (Å²) >= 11 is 6.38. The lowest BCUT2D eigenvalue weighted by Gasteiger charge is -2.40. The number of benzene rings is 2. The number of halogens is 1. The van der Waals surface area contributed by atoms with E-state index in [1.165, 1.54) is 0 Å². The molecule has 6 nitrogen and oxygen atoms in total. The highest BCUT2D eigenvalue weighted by molar-refractivity contribution is 6.31. The van der Waals surface area contributed by atoms with Gasteiger partial charge in [0.1, 0.15) is 36.3 Å². The molecule has 0 aromatic heterocycles. The third-order valence-corrected chi connectivity index (χ3v) is 5.80. The predicted octanol–water partition coefficient (Wildman–Crippen LogP) is 1.99. The van der Waals surface area contributed by atoms with E-state index in [1.807, 2.05) is 30.3 Å². The van der Waals surface area contributed by atoms with Gasteiger partial charge in [0, 0.05) is 5.02 Å². The normalized spacial score (nSPS) is 29.6. The van der Waals surface area contributed by atoms with Crippen LogP contribution in [-0.4, -0.2) is 57.6 Å². The maximum Gasteiger partial charge on any atom is 0.119 e. The molecule has 0 bridgehead atoms. The van der Waals surface area contributed by atoms with Gasteiger partial charge in [-0.3, -0.25) is 0 Å². The molecule has 2 aliphatic rings. The quantitative estimate of drug-likeness (QED) is 0.570. The molecule has 2 aromatic rings. The summed E-state index contributed by atoms with van der Waals surface area (Å²) in [5.74, 6) is 0.859. The smallest absolute Gasteiger partial charge is 0.119 e. The largest absolute Gasteiger partial charge is 0.490 e. The molecule has 1 saturated heterocycles. The Labute approximate surface area is 174 Å². The molecule has 2 fully saturated rings. The molecule has 1 saturated carbocycles. The van der Waals surface area contributed by atoms with Gasteiger partial charge in [-0.25, -0.2) is 0 Å². The summed E-state index contributed by atoms with van der Waals surface area (Å²) < 4.78 is 11.4. The van der Waals surface area contributed by atoms with E-state index in [4.69, 9.17) is 21.1 Å². The summed E-state index contributed by atoms with van der Waals surface area (Å²) in [7, 11) is 0. The molecular formula is C22H25ClO6. The average Bonchev–Trinajstić information content (AvgIpc) is 3.54. The van der Waals surface area contributed by atoms with E-state index in [0.29, 0.717) is 23.1 Å². The Morgan fingerprint density at radius 2 is 1.69 bits per heavy atom. The van der Waals surface area contributed by atoms with Crippen LogP contribution >= 0.6 is 11.6 Å². The molecule has 0 spiro atoms. The zero-order valence-corrected chi connectivity index (χ0v) is 16.6. The highest BCUT2D eigenvalue weighted by atomic mass is 35.5. The number of aliphatic hydroxyl groups is 4. The summed E-state index contributed by atoms with van der Waals surface area (Å²) in [6.45, 7) is -0.461. The summed E-state index contributed by atoms with van der Waals surface area (Å²) in [4.78, 5) is 0. The van der Waals surface area contributed by atoms with Crippen molar-refractivity contribution in [1.82, 2.24) is 0 Å². The second kappa shape index (κ2) is 8.60. The molecule has 156 valence electrons. The number of hydrogen-bond acceptors (Lipinski definition) is 6. The number of aliphatic hydroxyl groups excluding tert-OH is 4. The summed E-state index contributed by atoms with van der Waals surface area (Å²) in [5, 5.41) is 40.4. The Hall–Kier alpha value is -1.67. The first-order valence-corrected chi connectivity index (χ1v) is 10.2. The van der Waals surface area contributed by atoms with Crippen molar-refractivity contribution < 1.29 is 29.9 Å². The van der Waals surface area contributed by atoms with E-state index in [0.717, 1.165) is 29.7 Å². The molecule has 2 aromatic carbocycles. The molecule has 5 atom stereocenters. The Kier molecular flexibility index (Phi) is 6.11. The molecule has 1 unspecified atom stereocenters. The van der Waals surface area contributed by atoms with Crippen LogP contribution in [0.3, 0.4) is 0 Å². The molecule has 4 N–H and O–H groups in total. The van der Waals surface area contributed by atoms with Gasteiger partial charge in [-0.2, -0.15) is 0 Å². The fraction of sp³-hybridized carbons (Fsp3) is 0.455. The van der Waals surface area contributed by atoms with Crippen LogP contribution in [0.1, 0.15) is 35.6 Å². The monoisotopic (exact) mass is 420 g/mol. The van der Waals surface area contributed by atoms with E-state index in [2.05, 4.69) is 0 Å². The van der Waals surface area contributed by atoms with Crippen molar-refractivity contribution in [1.29, 1.82) is 0 Å². The summed E-state index contributed by atoms with van der Waals surface area (Å²) in [5.41, 5.74) is 2.52. The zero-order valence-electron chi connectivity index (χ0n) is 15.8. The molecule has 0 amide bonds. The van der Waals surface area contributed by atoms with Gasteiger partial charge >= 0.3 is 0 Å². The minimum atomic E-state index is -1.41. The van der Waals surface area contributed by atoms with Gasteiger partial charge in [0.2, 0.25) is 0 Å². The maximum atomic E-state index is 10.4. The van der Waals surface area contributed by atoms with E-state index in [1.54, 1.807) is 12.1 Å². The Morgan fingerprint density at radius 1 is 0.966 bits per heavy atom. The number of ether oxygens (including phenoxy) is 2. The summed E-state index contributed by atoms with van der Waals surface area (Å²) in [6.07, 6.45) is -2.78. The lowest BCUT2D eigenvalue weighted by molar-refractivity contribution is -0.231. The molecule has 1 aliphatic heterocycles. The van der Waals surface area contributed by atoms with Gasteiger partial charge in [0.05, 0.1) is 12.7 Å². The second-order valence-corrected chi connectivity index (χ2v) is 8.15. The molecule has 1 heterocycles. The molecule has 4 rings (SSSR count). The third kappa shape index (κ3) is 4.58. The first kappa shape index (κ1) is 20.6. The molecular weight excluding hydrogens is 396 g/mol. The maximum absolute atomic E-state index is 10.4. The SMILES string of the molecule is OC[C@H]1O[C@@H](c2ccc(Cl)c(Cc3ccc(OC4CC4)cc3)c2)[C@H](O)[C@@H](O)C1O. The first-order chi connectivity index (χ1) is 14.0. The third-order valence-electron chi connectivity index (χ3n) is 5.44. The van der Waals surface area contributed by atoms with Crippen LogP contribution in [0.15, 0.2) is 42.5 Å². The van der Waals surface area contributed by atoms with E-state index in [-0.39, 0.29) is 0 Å². The Bertz CT molecular complexity index is 836. The first-order valence-electron chi connectivity index (χ1n) is 9.80. The fourth-order valence-electron chi connectivity index (χ4n) is 3.57. The lowest BCUT2D eigenvalue weighted by atomic mass is 9.90. The highest BCUT2D eigenvalue weighted by Crippen LogP contribution is 2.34. The molecule has 29 heavy (non-hydrogen) atoms. The standard InChI is InChI=1S/C22H25ClO6/c23-17-8-3-13(22-21(27)20(26)19(25)18(11-24)29-22)10-14(17)9-12-1-4-15(5-2-12)28-16-6-7-16/h1-5,8,10,16,18-22,24-27H,6-7,9,11H2/t18-,19?,20+,21-,22+/m1/s1. The van der Waals surface area contributed by atoms with Crippen molar-refractivity contribution in [3.8, 4) is 5.75 Å². The van der Waals surface area contributed by atoms with Crippen LogP contribution in [0.2, 0.25) is 5.02 Å². The molecule has 0 radical (unpaired) electrons. The van der Waals surface area contributed by atoms with Crippen molar-refractivity contribution >= 4 is 11.6 Å². The van der Waals surface area contributed by atoms with Crippen LogP contribution in [0.25, 0.3) is 0 Å². The second-order valence-electron chi connectivity index (χ2n) is 7.74. The van der Waals surface area contributed by atoms with Gasteiger partial charge in [0.15, 0.2) is 0 Å². The van der Waals surface area contributed by atoms with Crippen LogP contribution in [0.4, 0.5) is 0 Å². The topological polar surface area (TPSA) is 99.4 Å². The van der Waals surface area contributed by atoms with E-state index >= 15 is 0 Å². The van der Waals surface area contributed by atoms with E-state index < -0.39 is 37.1 Å². The van der Waals surface area contributed by atoms with Crippen LogP contribution in [-0.2, 0) is 11.2 Å². The van der Waals surface area contributed by atoms with Gasteiger partial charge < -0.3 is 29.9 Å². The number of rotatable bonds is 6. The van der Waals surface area contributed by atoms with Gasteiger partial charge in [-0.1, -0.05) is 35.9 Å². The van der Waals surface area contributed by atoms with Crippen molar-refractivity contribution in [3.05, 3.63) is 64.2 Å². The lowest BCUT2D eigenvalue weighted by Crippen LogP contribution is -2.55. The highest BCUT2D eigenvalue weighted by Gasteiger charge is 2.44. The predicted molar refractivity (Wildman–Crippen MR) is 107 cm³/mol. The van der Waals surface area contributed by atoms with Gasteiger partial charge in [0.25, 0.3) is 0 Å². The minimum absolute atomic E-state index is 0.352. The van der Waals surface area contributed by atoms with Crippen molar-refractivity contribution in [2.24, 2.45) is 0 Å². The number of hydrogen-bond donors (Lipinski definition) is 4. The van der Waals surface area contributed by atoms with Crippen LogP contribution < -0.4 is 4.74 Å². The molecule has 7 heteroatoms. The Balaban J connectivity index is 1.52. The summed E-state index contributed by atoms with van der Waals surface area (Å²) in [6, 6.07) is 13.1. The zero-order chi connectivity index (χ0) is 20.5. The Morgan fingerprint density at radius 3 is 2.34 bits per heavy atom. The molecule has 1 aliphatic carbocycles. The van der Waals surface area contributed by atoms with Gasteiger partial charge in [-0.05, 0) is 54.2 Å². The minimum Gasteiger partial charge on any atom is -0.490 e. The average molecular weight is 421 g/mol. The van der Waals surface area contributed by atoms with Gasteiger partial charge in [-0.15, -0.1) is 0 Å². The van der Waals surface area contributed by atoms with Crippen LogP contribution in [0, 0.1) is 0 Å². The van der Waals surface area contributed by atoms with Crippen LogP contribution in [0.5, 0.6) is 5.75 Å². The van der Waals surface area contributed by atoms with E-state index in [9.17, 15) is 20.4 Å². The fourth-order valence-corrected chi connectivity index (χ4v) is 3.75. The van der Waals surface area contributed by atoms with Crippen molar-refractivity contribution in [3.63, 3.8) is 0 Å². The van der Waals surface area contributed by atoms with Crippen molar-refractivity contribution in [2.45, 2.75) is 55.9 Å².